The molecule has 0 aliphatic rings. The van der Waals surface area contributed by atoms with E-state index >= 15 is 0 Å². The van der Waals surface area contributed by atoms with Gasteiger partial charge in [-0.2, -0.15) is 5.26 Å². The van der Waals surface area contributed by atoms with Gasteiger partial charge in [-0.05, 0) is 25.5 Å². The number of nitriles is 1. The Morgan fingerprint density at radius 1 is 1.55 bits per heavy atom. The summed E-state index contributed by atoms with van der Waals surface area (Å²) in [6.07, 6.45) is 0.698. The molecule has 0 fully saturated rings. The second-order valence-corrected chi connectivity index (χ2v) is 5.65. The number of aryl methyl sites for hydroxylation is 1. The minimum Gasteiger partial charge on any atom is -0.493 e. The number of nitrogens with zero attached hydrogens (tertiary/aromatic N) is 2. The van der Waals surface area contributed by atoms with Gasteiger partial charge in [0, 0.05) is 23.6 Å². The molecule has 0 amide bonds. The van der Waals surface area contributed by atoms with Gasteiger partial charge in [0.05, 0.1) is 12.7 Å². The smallest absolute Gasteiger partial charge is 0.157 e. The molecule has 114 valence electrons. The molecule has 2 aromatic rings. The molecule has 0 spiro atoms. The molecule has 0 aliphatic carbocycles. The molecule has 1 unspecified atom stereocenters. The van der Waals surface area contributed by atoms with Crippen LogP contribution in [0.1, 0.15) is 29.5 Å². The number of halogens is 1. The number of hydrogen-bond donors (Lipinski definition) is 0. The molecule has 0 radical (unpaired) electrons. The van der Waals surface area contributed by atoms with Gasteiger partial charge in [0.15, 0.2) is 11.7 Å². The molecule has 22 heavy (non-hydrogen) atoms. The summed E-state index contributed by atoms with van der Waals surface area (Å²) in [5.41, 5.74) is 0.808. The van der Waals surface area contributed by atoms with E-state index in [4.69, 9.17) is 10.00 Å². The zero-order chi connectivity index (χ0) is 15.9. The van der Waals surface area contributed by atoms with Crippen molar-refractivity contribution in [2.45, 2.75) is 25.7 Å². The topological polar surface area (TPSA) is 63.0 Å². The Hall–Kier alpha value is -2.26. The normalized spacial score (nSPS) is 11.7. The van der Waals surface area contributed by atoms with Crippen molar-refractivity contribution in [3.05, 3.63) is 46.2 Å². The first kappa shape index (κ1) is 16.1. The SMILES string of the molecule is Cc1csc(C(C#N)C(=O)CCCOc2cccc(F)c2)n1. The third kappa shape index (κ3) is 4.37. The van der Waals surface area contributed by atoms with Crippen LogP contribution in [0.15, 0.2) is 29.6 Å². The van der Waals surface area contributed by atoms with Crippen LogP contribution in [0.5, 0.6) is 5.75 Å². The fraction of sp³-hybridized carbons (Fsp3) is 0.312. The van der Waals surface area contributed by atoms with Crippen LogP contribution in [-0.2, 0) is 4.79 Å². The second-order valence-electron chi connectivity index (χ2n) is 4.76. The van der Waals surface area contributed by atoms with Gasteiger partial charge in [-0.1, -0.05) is 6.07 Å². The number of carbonyl (C=O) groups excluding carboxylic acids is 1. The van der Waals surface area contributed by atoms with Gasteiger partial charge in [-0.15, -0.1) is 11.3 Å². The highest BCUT2D eigenvalue weighted by atomic mass is 32.1. The molecule has 0 saturated carbocycles. The molecule has 0 N–H and O–H groups in total. The highest BCUT2D eigenvalue weighted by Crippen LogP contribution is 2.22. The summed E-state index contributed by atoms with van der Waals surface area (Å²) in [6.45, 7) is 2.12. The number of ether oxygens (including phenoxy) is 1. The van der Waals surface area contributed by atoms with Crippen molar-refractivity contribution in [2.24, 2.45) is 0 Å². The highest BCUT2D eigenvalue weighted by molar-refractivity contribution is 7.09. The lowest BCUT2D eigenvalue weighted by molar-refractivity contribution is -0.119. The Balaban J connectivity index is 1.81. The maximum atomic E-state index is 13.0. The lowest BCUT2D eigenvalue weighted by atomic mass is 10.0. The van der Waals surface area contributed by atoms with E-state index in [-0.39, 0.29) is 18.0 Å². The fourth-order valence-electron chi connectivity index (χ4n) is 1.91. The number of aromatic nitrogens is 1. The minimum atomic E-state index is -0.812. The summed E-state index contributed by atoms with van der Waals surface area (Å²) in [7, 11) is 0. The number of rotatable bonds is 7. The van der Waals surface area contributed by atoms with Gasteiger partial charge < -0.3 is 4.74 Å². The molecule has 4 nitrogen and oxygen atoms in total. The summed E-state index contributed by atoms with van der Waals surface area (Å²) in [5.74, 6) is -0.912. The number of hydrogen-bond acceptors (Lipinski definition) is 5. The van der Waals surface area contributed by atoms with Gasteiger partial charge in [0.25, 0.3) is 0 Å². The summed E-state index contributed by atoms with van der Waals surface area (Å²) in [5, 5.41) is 11.5. The van der Waals surface area contributed by atoms with E-state index in [1.165, 1.54) is 23.5 Å². The molecular weight excluding hydrogens is 303 g/mol. The van der Waals surface area contributed by atoms with Gasteiger partial charge in [0.2, 0.25) is 0 Å². The van der Waals surface area contributed by atoms with E-state index in [0.717, 1.165) is 5.69 Å². The van der Waals surface area contributed by atoms with E-state index < -0.39 is 5.92 Å². The first-order valence-corrected chi connectivity index (χ1v) is 7.71. The summed E-state index contributed by atoms with van der Waals surface area (Å²) < 4.78 is 18.3. The third-order valence-electron chi connectivity index (χ3n) is 2.97. The lowest BCUT2D eigenvalue weighted by Gasteiger charge is -2.07. The molecule has 1 aromatic heterocycles. The number of thiazole rings is 1. The van der Waals surface area contributed by atoms with Gasteiger partial charge in [0.1, 0.15) is 16.6 Å². The van der Waals surface area contributed by atoms with Crippen LogP contribution in [-0.4, -0.2) is 17.4 Å². The van der Waals surface area contributed by atoms with E-state index in [2.05, 4.69) is 4.98 Å². The van der Waals surface area contributed by atoms with Gasteiger partial charge in [-0.3, -0.25) is 4.79 Å². The van der Waals surface area contributed by atoms with E-state index in [9.17, 15) is 9.18 Å². The maximum Gasteiger partial charge on any atom is 0.157 e. The molecule has 6 heteroatoms. The molecule has 0 bridgehead atoms. The summed E-state index contributed by atoms with van der Waals surface area (Å²) in [4.78, 5) is 16.3. The zero-order valence-electron chi connectivity index (χ0n) is 12.1. The van der Waals surface area contributed by atoms with Crippen LogP contribution in [0.2, 0.25) is 0 Å². The first-order valence-electron chi connectivity index (χ1n) is 6.83. The highest BCUT2D eigenvalue weighted by Gasteiger charge is 2.22. The number of Topliss-reactive ketones (excluding diaryl/α,β-unsaturated/α-hetero) is 1. The second kappa shape index (κ2) is 7.66. The molecule has 1 atom stereocenters. The van der Waals surface area contributed by atoms with E-state index in [0.29, 0.717) is 23.8 Å². The Kier molecular flexibility index (Phi) is 5.61. The van der Waals surface area contributed by atoms with Crippen LogP contribution < -0.4 is 4.74 Å². The van der Waals surface area contributed by atoms with Gasteiger partial charge in [-0.25, -0.2) is 9.37 Å². The van der Waals surface area contributed by atoms with E-state index in [1.54, 1.807) is 12.1 Å². The standard InChI is InChI=1S/C16H15FN2O2S/c1-11-10-22-16(19-11)14(9-18)15(20)6-3-7-21-13-5-2-4-12(17)8-13/h2,4-5,8,10,14H,3,6-7H2,1H3. The molecule has 1 heterocycles. The van der Waals surface area contributed by atoms with Crippen LogP contribution in [0.4, 0.5) is 4.39 Å². The van der Waals surface area contributed by atoms with Crippen molar-refractivity contribution in [3.63, 3.8) is 0 Å². The number of benzene rings is 1. The lowest BCUT2D eigenvalue weighted by Crippen LogP contribution is -2.12. The monoisotopic (exact) mass is 318 g/mol. The molecule has 0 aliphatic heterocycles. The average molecular weight is 318 g/mol. The Labute approximate surface area is 132 Å². The molecular formula is C16H15FN2O2S. The average Bonchev–Trinajstić information content (AvgIpc) is 2.91. The summed E-state index contributed by atoms with van der Waals surface area (Å²) >= 11 is 1.32. The van der Waals surface area contributed by atoms with Crippen molar-refractivity contribution in [2.75, 3.05) is 6.61 Å². The van der Waals surface area contributed by atoms with Gasteiger partial charge >= 0.3 is 0 Å². The Bertz CT molecular complexity index is 693. The predicted octanol–water partition coefficient (Wildman–Crippen LogP) is 3.63. The fourth-order valence-corrected chi connectivity index (χ4v) is 2.77. The minimum absolute atomic E-state index is 0.167. The van der Waals surface area contributed by atoms with Crippen molar-refractivity contribution >= 4 is 17.1 Å². The van der Waals surface area contributed by atoms with Crippen LogP contribution in [0, 0.1) is 24.1 Å². The quantitative estimate of drug-likeness (QED) is 0.731. The first-order chi connectivity index (χ1) is 10.6. The molecule has 1 aromatic carbocycles. The maximum absolute atomic E-state index is 13.0. The Morgan fingerprint density at radius 2 is 2.36 bits per heavy atom. The Morgan fingerprint density at radius 3 is 3.00 bits per heavy atom. The molecule has 0 saturated heterocycles. The van der Waals surface area contributed by atoms with Crippen LogP contribution >= 0.6 is 11.3 Å². The summed E-state index contributed by atoms with van der Waals surface area (Å²) in [6, 6.07) is 7.85. The number of ketones is 1. The molecule has 2 rings (SSSR count). The van der Waals surface area contributed by atoms with Crippen LogP contribution in [0.3, 0.4) is 0 Å². The van der Waals surface area contributed by atoms with Crippen LogP contribution in [0.25, 0.3) is 0 Å². The van der Waals surface area contributed by atoms with Crippen molar-refractivity contribution in [1.82, 2.24) is 4.98 Å². The van der Waals surface area contributed by atoms with Crippen molar-refractivity contribution in [3.8, 4) is 11.8 Å². The van der Waals surface area contributed by atoms with Crippen molar-refractivity contribution < 1.29 is 13.9 Å². The van der Waals surface area contributed by atoms with E-state index in [1.807, 2.05) is 18.4 Å². The third-order valence-corrected chi connectivity index (χ3v) is 3.99. The zero-order valence-corrected chi connectivity index (χ0v) is 12.9. The van der Waals surface area contributed by atoms with Crippen molar-refractivity contribution in [1.29, 1.82) is 5.26 Å². The number of carbonyl (C=O) groups is 1. The predicted molar refractivity (Wildman–Crippen MR) is 81.3 cm³/mol. The largest absolute Gasteiger partial charge is 0.493 e.